The van der Waals surface area contributed by atoms with Gasteiger partial charge in [-0.3, -0.25) is 4.79 Å². The topological polar surface area (TPSA) is 17.1 Å². The molecule has 0 aromatic heterocycles. The molecule has 0 saturated carbocycles. The summed E-state index contributed by atoms with van der Waals surface area (Å²) in [4.78, 5) is 13.3. The van der Waals surface area contributed by atoms with Gasteiger partial charge in [0.05, 0.1) is 0 Å². The van der Waals surface area contributed by atoms with Gasteiger partial charge >= 0.3 is 0 Å². The van der Waals surface area contributed by atoms with Crippen molar-refractivity contribution in [2.45, 2.75) is 20.8 Å². The van der Waals surface area contributed by atoms with E-state index in [4.69, 9.17) is 0 Å². The molecule has 0 heterocycles. The number of carbonyl (C=O) groups is 1. The number of Topliss-reactive ketones (excluding diaryl/α,β-unsaturated/α-hetero) is 1. The molecule has 120 valence electrons. The van der Waals surface area contributed by atoms with Gasteiger partial charge in [0.25, 0.3) is 0 Å². The Hall–Kier alpha value is -2.67. The second-order valence-corrected chi connectivity index (χ2v) is 7.04. The highest BCUT2D eigenvalue weighted by Gasteiger charge is 2.28. The van der Waals surface area contributed by atoms with Gasteiger partial charge in [0.2, 0.25) is 0 Å². The molecule has 1 nitrogen and oxygen atoms in total. The molecule has 0 amide bonds. The lowest BCUT2D eigenvalue weighted by Gasteiger charge is -2.22. The molecule has 3 rings (SSSR count). The van der Waals surface area contributed by atoms with Crippen molar-refractivity contribution in [2.24, 2.45) is 5.41 Å². The highest BCUT2D eigenvalue weighted by molar-refractivity contribution is 6.10. The van der Waals surface area contributed by atoms with Crippen LogP contribution in [0.2, 0.25) is 0 Å². The molecule has 0 aliphatic heterocycles. The zero-order chi connectivity index (χ0) is 17.2. The Morgan fingerprint density at radius 1 is 0.625 bits per heavy atom. The summed E-state index contributed by atoms with van der Waals surface area (Å²) in [5.41, 5.74) is 4.51. The maximum Gasteiger partial charge on any atom is 0.169 e. The van der Waals surface area contributed by atoms with Crippen molar-refractivity contribution in [1.82, 2.24) is 0 Å². The monoisotopic (exact) mass is 314 g/mol. The molecule has 0 aliphatic rings. The van der Waals surface area contributed by atoms with Crippen LogP contribution >= 0.6 is 0 Å². The Labute approximate surface area is 144 Å². The summed E-state index contributed by atoms with van der Waals surface area (Å²) >= 11 is 0. The third-order valence-electron chi connectivity index (χ3n) is 4.14. The van der Waals surface area contributed by atoms with E-state index in [1.54, 1.807) is 0 Å². The van der Waals surface area contributed by atoms with Crippen LogP contribution in [-0.4, -0.2) is 5.78 Å². The van der Waals surface area contributed by atoms with Gasteiger partial charge in [-0.1, -0.05) is 99.6 Å². The average molecular weight is 314 g/mol. The van der Waals surface area contributed by atoms with Crippen molar-refractivity contribution in [3.05, 3.63) is 84.4 Å². The quantitative estimate of drug-likeness (QED) is 0.522. The lowest BCUT2D eigenvalue weighted by Crippen LogP contribution is -2.21. The van der Waals surface area contributed by atoms with E-state index in [0.717, 1.165) is 27.8 Å². The van der Waals surface area contributed by atoms with Crippen molar-refractivity contribution in [1.29, 1.82) is 0 Å². The molecule has 0 radical (unpaired) electrons. The molecule has 0 saturated heterocycles. The standard InChI is InChI=1S/C23H22O/c1-23(2,3)22(24)21-19(17-11-6-4-7-12-17)15-10-16-20(21)18-13-8-5-9-14-18/h4-16H,1-3H3. The van der Waals surface area contributed by atoms with Crippen molar-refractivity contribution in [3.8, 4) is 22.3 Å². The molecule has 0 N–H and O–H groups in total. The highest BCUT2D eigenvalue weighted by atomic mass is 16.1. The fourth-order valence-electron chi connectivity index (χ4n) is 2.89. The largest absolute Gasteiger partial charge is 0.294 e. The zero-order valence-corrected chi connectivity index (χ0v) is 14.4. The first-order valence-electron chi connectivity index (χ1n) is 8.27. The predicted molar refractivity (Wildman–Crippen MR) is 101 cm³/mol. The summed E-state index contributed by atoms with van der Waals surface area (Å²) in [6.07, 6.45) is 0. The molecule has 0 spiro atoms. The van der Waals surface area contributed by atoms with Crippen LogP contribution in [-0.2, 0) is 0 Å². The Bertz CT molecular complexity index is 782. The summed E-state index contributed by atoms with van der Waals surface area (Å²) in [6.45, 7) is 5.93. The van der Waals surface area contributed by atoms with Gasteiger partial charge in [0.1, 0.15) is 0 Å². The number of hydrogen-bond acceptors (Lipinski definition) is 1. The number of ketones is 1. The third-order valence-corrected chi connectivity index (χ3v) is 4.14. The lowest BCUT2D eigenvalue weighted by molar-refractivity contribution is 0.0860. The second kappa shape index (κ2) is 6.45. The van der Waals surface area contributed by atoms with Crippen LogP contribution in [0.5, 0.6) is 0 Å². The van der Waals surface area contributed by atoms with Gasteiger partial charge in [-0.25, -0.2) is 0 Å². The third kappa shape index (κ3) is 3.16. The minimum atomic E-state index is -0.436. The Morgan fingerprint density at radius 2 is 1.04 bits per heavy atom. The summed E-state index contributed by atoms with van der Waals surface area (Å²) in [7, 11) is 0. The van der Waals surface area contributed by atoms with Crippen LogP contribution < -0.4 is 0 Å². The average Bonchev–Trinajstić information content (AvgIpc) is 2.61. The number of carbonyl (C=O) groups excluding carboxylic acids is 1. The molecule has 1 heteroatoms. The normalized spacial score (nSPS) is 11.3. The van der Waals surface area contributed by atoms with E-state index in [1.807, 2.05) is 75.4 Å². The molecule has 0 atom stereocenters. The Morgan fingerprint density at radius 3 is 1.42 bits per heavy atom. The van der Waals surface area contributed by atoms with E-state index in [0.29, 0.717) is 0 Å². The Kier molecular flexibility index (Phi) is 4.35. The van der Waals surface area contributed by atoms with E-state index in [-0.39, 0.29) is 5.78 Å². The van der Waals surface area contributed by atoms with Crippen LogP contribution in [0.3, 0.4) is 0 Å². The van der Waals surface area contributed by atoms with Crippen LogP contribution in [0.25, 0.3) is 22.3 Å². The minimum Gasteiger partial charge on any atom is -0.294 e. The lowest BCUT2D eigenvalue weighted by atomic mass is 9.80. The zero-order valence-electron chi connectivity index (χ0n) is 14.4. The molecular formula is C23H22O. The summed E-state index contributed by atoms with van der Waals surface area (Å²) in [5.74, 6) is 0.167. The van der Waals surface area contributed by atoms with Gasteiger partial charge in [-0.15, -0.1) is 0 Å². The first-order chi connectivity index (χ1) is 11.5. The van der Waals surface area contributed by atoms with Gasteiger partial charge < -0.3 is 0 Å². The number of hydrogen-bond donors (Lipinski definition) is 0. The first-order valence-corrected chi connectivity index (χ1v) is 8.27. The van der Waals surface area contributed by atoms with E-state index in [9.17, 15) is 4.79 Å². The molecule has 0 bridgehead atoms. The summed E-state index contributed by atoms with van der Waals surface area (Å²) < 4.78 is 0. The first kappa shape index (κ1) is 16.2. The van der Waals surface area contributed by atoms with E-state index in [1.165, 1.54) is 0 Å². The van der Waals surface area contributed by atoms with Gasteiger partial charge in [0, 0.05) is 11.0 Å². The van der Waals surface area contributed by atoms with Crippen LogP contribution in [0.1, 0.15) is 31.1 Å². The van der Waals surface area contributed by atoms with Gasteiger partial charge in [-0.05, 0) is 22.3 Å². The van der Waals surface area contributed by atoms with Crippen molar-refractivity contribution in [3.63, 3.8) is 0 Å². The number of rotatable bonds is 3. The molecule has 3 aromatic carbocycles. The van der Waals surface area contributed by atoms with Crippen molar-refractivity contribution < 1.29 is 4.79 Å². The van der Waals surface area contributed by atoms with E-state index in [2.05, 4.69) is 24.3 Å². The smallest absolute Gasteiger partial charge is 0.169 e. The predicted octanol–water partition coefficient (Wildman–Crippen LogP) is 6.25. The van der Waals surface area contributed by atoms with Crippen LogP contribution in [0.4, 0.5) is 0 Å². The van der Waals surface area contributed by atoms with Gasteiger partial charge in [0.15, 0.2) is 5.78 Å². The van der Waals surface area contributed by atoms with Gasteiger partial charge in [-0.2, -0.15) is 0 Å². The molecule has 0 fully saturated rings. The SMILES string of the molecule is CC(C)(C)C(=O)c1c(-c2ccccc2)cccc1-c1ccccc1. The summed E-state index contributed by atoms with van der Waals surface area (Å²) in [5, 5.41) is 0. The van der Waals surface area contributed by atoms with Crippen LogP contribution in [0.15, 0.2) is 78.9 Å². The minimum absolute atomic E-state index is 0.167. The molecule has 0 aliphatic carbocycles. The number of benzene rings is 3. The fraction of sp³-hybridized carbons (Fsp3) is 0.174. The highest BCUT2D eigenvalue weighted by Crippen LogP contribution is 2.36. The Balaban J connectivity index is 2.30. The maximum atomic E-state index is 13.3. The fourth-order valence-corrected chi connectivity index (χ4v) is 2.89. The molecule has 24 heavy (non-hydrogen) atoms. The summed E-state index contributed by atoms with van der Waals surface area (Å²) in [6, 6.07) is 26.4. The molecular weight excluding hydrogens is 292 g/mol. The van der Waals surface area contributed by atoms with Crippen molar-refractivity contribution >= 4 is 5.78 Å². The second-order valence-electron chi connectivity index (χ2n) is 7.04. The maximum absolute atomic E-state index is 13.3. The van der Waals surface area contributed by atoms with E-state index < -0.39 is 5.41 Å². The van der Waals surface area contributed by atoms with E-state index >= 15 is 0 Å². The van der Waals surface area contributed by atoms with Crippen LogP contribution in [0, 0.1) is 5.41 Å². The molecule has 0 unspecified atom stereocenters. The van der Waals surface area contributed by atoms with Crippen molar-refractivity contribution in [2.75, 3.05) is 0 Å². The molecule has 3 aromatic rings.